The molecule has 1 aromatic heterocycles. The lowest BCUT2D eigenvalue weighted by Gasteiger charge is -2.09. The predicted octanol–water partition coefficient (Wildman–Crippen LogP) is -0.0480. The third-order valence-electron chi connectivity index (χ3n) is 2.83. The molecule has 0 bridgehead atoms. The van der Waals surface area contributed by atoms with Crippen molar-refractivity contribution in [2.24, 2.45) is 5.41 Å². The van der Waals surface area contributed by atoms with Gasteiger partial charge < -0.3 is 5.11 Å². The molecule has 6 nitrogen and oxygen atoms in total. The first-order chi connectivity index (χ1) is 6.01. The second-order valence-corrected chi connectivity index (χ2v) is 4.01. The van der Waals surface area contributed by atoms with Gasteiger partial charge in [-0.3, -0.25) is 4.79 Å². The minimum Gasteiger partial charge on any atom is -0.480 e. The molecule has 0 aliphatic heterocycles. The van der Waals surface area contributed by atoms with E-state index in [9.17, 15) is 4.79 Å². The zero-order valence-electron chi connectivity index (χ0n) is 7.40. The molecule has 0 spiro atoms. The highest BCUT2D eigenvalue weighted by Gasteiger charge is 2.70. The number of H-pyrrole nitrogens is 1. The summed E-state index contributed by atoms with van der Waals surface area (Å²) in [7, 11) is 0. The highest BCUT2D eigenvalue weighted by molar-refractivity contribution is 5.85. The normalized spacial score (nSPS) is 30.0. The van der Waals surface area contributed by atoms with Gasteiger partial charge >= 0.3 is 5.97 Å². The largest absolute Gasteiger partial charge is 0.480 e. The lowest BCUT2D eigenvalue weighted by Crippen LogP contribution is -2.27. The number of nitrogens with one attached hydrogen (secondary N) is 1. The smallest absolute Gasteiger partial charge is 0.318 e. The van der Waals surface area contributed by atoms with Gasteiger partial charge in [-0.2, -0.15) is 5.21 Å². The molecule has 1 atom stereocenters. The van der Waals surface area contributed by atoms with Gasteiger partial charge in [0.2, 0.25) is 0 Å². The molecule has 1 unspecified atom stereocenters. The van der Waals surface area contributed by atoms with E-state index in [-0.39, 0.29) is 11.2 Å². The maximum Gasteiger partial charge on any atom is 0.318 e. The average molecular weight is 182 g/mol. The number of carboxylic acids is 1. The third kappa shape index (κ3) is 0.824. The van der Waals surface area contributed by atoms with Crippen molar-refractivity contribution in [3.05, 3.63) is 5.82 Å². The molecule has 1 saturated carbocycles. The minimum atomic E-state index is -0.931. The number of nitrogens with zero attached hydrogens (tertiary/aromatic N) is 3. The summed E-state index contributed by atoms with van der Waals surface area (Å²) in [6.07, 6.45) is 0.564. The molecule has 13 heavy (non-hydrogen) atoms. The molecule has 0 amide bonds. The molecule has 1 aliphatic rings. The first kappa shape index (κ1) is 8.15. The van der Waals surface area contributed by atoms with Crippen molar-refractivity contribution in [3.63, 3.8) is 0 Å². The number of carboxylic acid groups (broad SMARTS) is 1. The molecule has 2 rings (SSSR count). The number of hydrogen-bond acceptors (Lipinski definition) is 4. The van der Waals surface area contributed by atoms with E-state index in [1.807, 2.05) is 13.8 Å². The first-order valence-corrected chi connectivity index (χ1v) is 3.98. The number of aliphatic carboxylic acids is 1. The molecule has 1 aromatic rings. The summed E-state index contributed by atoms with van der Waals surface area (Å²) in [5.74, 6) is -0.594. The number of tetrazole rings is 1. The Morgan fingerprint density at radius 3 is 2.54 bits per heavy atom. The Morgan fingerprint density at radius 1 is 1.62 bits per heavy atom. The van der Waals surface area contributed by atoms with Gasteiger partial charge in [-0.05, 0) is 11.8 Å². The fourth-order valence-electron chi connectivity index (χ4n) is 1.80. The molecular weight excluding hydrogens is 172 g/mol. The first-order valence-electron chi connectivity index (χ1n) is 3.98. The quantitative estimate of drug-likeness (QED) is 0.669. The van der Waals surface area contributed by atoms with Gasteiger partial charge in [-0.1, -0.05) is 19.1 Å². The molecule has 1 fully saturated rings. The minimum absolute atomic E-state index is 0.275. The summed E-state index contributed by atoms with van der Waals surface area (Å²) >= 11 is 0. The SMILES string of the molecule is CC1(C)CC1(C(=O)O)c1nn[nH]n1. The van der Waals surface area contributed by atoms with Crippen molar-refractivity contribution < 1.29 is 9.90 Å². The van der Waals surface area contributed by atoms with Gasteiger partial charge in [0.1, 0.15) is 5.41 Å². The summed E-state index contributed by atoms with van der Waals surface area (Å²) in [5.41, 5.74) is -1.21. The van der Waals surface area contributed by atoms with Crippen molar-refractivity contribution in [3.8, 4) is 0 Å². The molecule has 1 aliphatic carbocycles. The predicted molar refractivity (Wildman–Crippen MR) is 41.9 cm³/mol. The monoisotopic (exact) mass is 182 g/mol. The topological polar surface area (TPSA) is 91.8 Å². The lowest BCUT2D eigenvalue weighted by molar-refractivity contribution is -0.141. The van der Waals surface area contributed by atoms with Crippen molar-refractivity contribution >= 4 is 5.97 Å². The van der Waals surface area contributed by atoms with E-state index < -0.39 is 11.4 Å². The van der Waals surface area contributed by atoms with Crippen LogP contribution in [-0.4, -0.2) is 31.7 Å². The van der Waals surface area contributed by atoms with Crippen LogP contribution in [0.5, 0.6) is 0 Å². The molecule has 6 heteroatoms. The van der Waals surface area contributed by atoms with Crippen LogP contribution in [0.4, 0.5) is 0 Å². The lowest BCUT2D eigenvalue weighted by atomic mass is 9.95. The summed E-state index contributed by atoms with van der Waals surface area (Å²) < 4.78 is 0. The van der Waals surface area contributed by atoms with Crippen LogP contribution in [0.1, 0.15) is 26.1 Å². The number of hydrogen-bond donors (Lipinski definition) is 2. The molecule has 0 aromatic carbocycles. The van der Waals surface area contributed by atoms with Gasteiger partial charge in [0.05, 0.1) is 0 Å². The number of carbonyl (C=O) groups is 1. The van der Waals surface area contributed by atoms with Crippen LogP contribution in [0, 0.1) is 5.41 Å². The second kappa shape index (κ2) is 2.07. The van der Waals surface area contributed by atoms with Gasteiger partial charge in [0.25, 0.3) is 0 Å². The van der Waals surface area contributed by atoms with Crippen LogP contribution in [0.15, 0.2) is 0 Å². The maximum absolute atomic E-state index is 11.1. The highest BCUT2D eigenvalue weighted by atomic mass is 16.4. The van der Waals surface area contributed by atoms with Crippen LogP contribution in [0.2, 0.25) is 0 Å². The fraction of sp³-hybridized carbons (Fsp3) is 0.714. The Bertz CT molecular complexity index is 345. The Morgan fingerprint density at radius 2 is 2.23 bits per heavy atom. The number of aromatic nitrogens is 4. The van der Waals surface area contributed by atoms with E-state index in [4.69, 9.17) is 5.11 Å². The number of rotatable bonds is 2. The molecular formula is C7H10N4O2. The van der Waals surface area contributed by atoms with Gasteiger partial charge in [0.15, 0.2) is 5.82 Å². The average Bonchev–Trinajstić information content (AvgIpc) is 2.52. The van der Waals surface area contributed by atoms with E-state index in [0.29, 0.717) is 6.42 Å². The van der Waals surface area contributed by atoms with Gasteiger partial charge in [-0.25, -0.2) is 0 Å². The van der Waals surface area contributed by atoms with Crippen molar-refractivity contribution in [1.29, 1.82) is 0 Å². The van der Waals surface area contributed by atoms with Crippen molar-refractivity contribution in [1.82, 2.24) is 20.6 Å². The second-order valence-electron chi connectivity index (χ2n) is 4.01. The Balaban J connectivity index is 2.45. The molecule has 1 heterocycles. The fourth-order valence-corrected chi connectivity index (χ4v) is 1.80. The van der Waals surface area contributed by atoms with Crippen LogP contribution < -0.4 is 0 Å². The Kier molecular flexibility index (Phi) is 1.30. The zero-order valence-corrected chi connectivity index (χ0v) is 7.40. The molecule has 70 valence electrons. The third-order valence-corrected chi connectivity index (χ3v) is 2.83. The highest BCUT2D eigenvalue weighted by Crippen LogP contribution is 2.63. The van der Waals surface area contributed by atoms with Crippen LogP contribution >= 0.6 is 0 Å². The van der Waals surface area contributed by atoms with Crippen LogP contribution in [0.25, 0.3) is 0 Å². The molecule has 2 N–H and O–H groups in total. The van der Waals surface area contributed by atoms with E-state index >= 15 is 0 Å². The van der Waals surface area contributed by atoms with E-state index in [0.717, 1.165) is 0 Å². The van der Waals surface area contributed by atoms with Gasteiger partial charge in [0, 0.05) is 0 Å². The Hall–Kier alpha value is -1.46. The van der Waals surface area contributed by atoms with Crippen molar-refractivity contribution in [2.75, 3.05) is 0 Å². The summed E-state index contributed by atoms with van der Waals surface area (Å²) in [5, 5.41) is 22.2. The van der Waals surface area contributed by atoms with Crippen LogP contribution in [0.3, 0.4) is 0 Å². The van der Waals surface area contributed by atoms with Gasteiger partial charge in [-0.15, -0.1) is 10.2 Å². The molecule has 0 radical (unpaired) electrons. The molecule has 0 saturated heterocycles. The zero-order chi connectivity index (χ0) is 9.69. The van der Waals surface area contributed by atoms with Crippen LogP contribution in [-0.2, 0) is 10.2 Å². The van der Waals surface area contributed by atoms with E-state index in [1.54, 1.807) is 0 Å². The standard InChI is InChI=1S/C7H10N4O2/c1-6(2)3-7(6,5(12)13)4-8-10-11-9-4/h3H2,1-2H3,(H,12,13)(H,8,9,10,11). The van der Waals surface area contributed by atoms with E-state index in [1.165, 1.54) is 0 Å². The summed E-state index contributed by atoms with van der Waals surface area (Å²) in [6, 6.07) is 0. The van der Waals surface area contributed by atoms with E-state index in [2.05, 4.69) is 20.6 Å². The Labute approximate surface area is 74.3 Å². The van der Waals surface area contributed by atoms with Crippen molar-refractivity contribution in [2.45, 2.75) is 25.7 Å². The number of aromatic amines is 1. The maximum atomic E-state index is 11.1. The summed E-state index contributed by atoms with van der Waals surface area (Å²) in [6.45, 7) is 3.77. The summed E-state index contributed by atoms with van der Waals surface area (Å²) in [4.78, 5) is 11.1.